The molecule has 3 aromatic heterocycles. The molecular weight excluding hydrogens is 809 g/mol. The summed E-state index contributed by atoms with van der Waals surface area (Å²) in [5, 5.41) is 13.2. The Morgan fingerprint density at radius 1 is 0.328 bits per heavy atom. The van der Waals surface area contributed by atoms with Gasteiger partial charge in [-0.15, -0.1) is 11.3 Å². The minimum atomic E-state index is -3.04. The SMILES string of the molecule is c1ccc(-c2cccc(-n3c4ccccc4c4cccc(-n5c6ccccc6c6c([Si](c7ccccc7)(c7ccccc7)c7ccc8sc9ccccc9c8c7)cccc65)c43)c2)cc1. The van der Waals surface area contributed by atoms with Crippen LogP contribution in [-0.2, 0) is 0 Å². The summed E-state index contributed by atoms with van der Waals surface area (Å²) in [5.74, 6) is 0. The van der Waals surface area contributed by atoms with Crippen LogP contribution >= 0.6 is 11.3 Å². The van der Waals surface area contributed by atoms with Gasteiger partial charge in [-0.2, -0.15) is 0 Å². The smallest absolute Gasteiger partial charge is 0.180 e. The van der Waals surface area contributed by atoms with Crippen LogP contribution in [0.4, 0.5) is 0 Å². The van der Waals surface area contributed by atoms with Crippen molar-refractivity contribution in [3.05, 3.63) is 243 Å². The van der Waals surface area contributed by atoms with Crippen LogP contribution in [0.1, 0.15) is 0 Å². The standard InChI is InChI=1S/C60H40N2SSi/c1-4-19-41(20-5-1)42-21-16-22-43(39-42)61-52-31-13-10-27-47(52)49-30-17-34-55(60(49)61)62-53-32-14-11-29-50(53)59-54(62)33-18-36-58(59)64(44-23-6-2-7-24-44,45-25-8-3-9-26-45)46-37-38-57-51(40-46)48-28-12-15-35-56(48)63-57/h1-40H. The largest absolute Gasteiger partial charge is 0.307 e. The lowest BCUT2D eigenvalue weighted by atomic mass is 10.1. The quantitative estimate of drug-likeness (QED) is 0.112. The molecule has 13 aromatic rings. The first-order valence-electron chi connectivity index (χ1n) is 22.0. The predicted octanol–water partition coefficient (Wildman–Crippen LogP) is 13.3. The molecule has 0 spiro atoms. The van der Waals surface area contributed by atoms with Gasteiger partial charge in [0.2, 0.25) is 0 Å². The Morgan fingerprint density at radius 2 is 0.891 bits per heavy atom. The summed E-state index contributed by atoms with van der Waals surface area (Å²) < 4.78 is 7.69. The minimum Gasteiger partial charge on any atom is -0.307 e. The Hall–Kier alpha value is -7.76. The van der Waals surface area contributed by atoms with Crippen LogP contribution in [0, 0.1) is 0 Å². The van der Waals surface area contributed by atoms with Crippen LogP contribution in [-0.4, -0.2) is 17.2 Å². The number of benzene rings is 10. The molecule has 0 aliphatic rings. The van der Waals surface area contributed by atoms with Crippen molar-refractivity contribution in [2.75, 3.05) is 0 Å². The van der Waals surface area contributed by atoms with Gasteiger partial charge in [-0.3, -0.25) is 0 Å². The zero-order valence-electron chi connectivity index (χ0n) is 34.9. The highest BCUT2D eigenvalue weighted by Gasteiger charge is 2.43. The summed E-state index contributed by atoms with van der Waals surface area (Å²) in [4.78, 5) is 0. The van der Waals surface area contributed by atoms with E-state index in [1.165, 1.54) is 95.7 Å². The zero-order valence-corrected chi connectivity index (χ0v) is 36.7. The van der Waals surface area contributed by atoms with Gasteiger partial charge in [0, 0.05) is 47.4 Å². The number of hydrogen-bond donors (Lipinski definition) is 0. The molecule has 0 saturated heterocycles. The summed E-state index contributed by atoms with van der Waals surface area (Å²) in [6.45, 7) is 0. The first kappa shape index (κ1) is 36.9. The maximum Gasteiger partial charge on any atom is 0.180 e. The van der Waals surface area contributed by atoms with Gasteiger partial charge in [-0.05, 0) is 80.4 Å². The molecule has 0 aliphatic heterocycles. The molecule has 0 N–H and O–H groups in total. The first-order valence-corrected chi connectivity index (χ1v) is 24.8. The van der Waals surface area contributed by atoms with Crippen LogP contribution in [0.3, 0.4) is 0 Å². The van der Waals surface area contributed by atoms with Crippen molar-refractivity contribution in [2.24, 2.45) is 0 Å². The fourth-order valence-electron chi connectivity index (χ4n) is 10.8. The highest BCUT2D eigenvalue weighted by atomic mass is 32.1. The van der Waals surface area contributed by atoms with Gasteiger partial charge in [-0.1, -0.05) is 194 Å². The molecule has 0 unspecified atom stereocenters. The van der Waals surface area contributed by atoms with E-state index in [1.54, 1.807) is 0 Å². The third kappa shape index (κ3) is 5.43. The van der Waals surface area contributed by atoms with Crippen LogP contribution in [0.5, 0.6) is 0 Å². The van der Waals surface area contributed by atoms with E-state index < -0.39 is 8.07 Å². The van der Waals surface area contributed by atoms with Crippen molar-refractivity contribution >= 4 is 104 Å². The van der Waals surface area contributed by atoms with Gasteiger partial charge in [-0.25, -0.2) is 0 Å². The molecule has 300 valence electrons. The molecule has 3 heterocycles. The third-order valence-electron chi connectivity index (χ3n) is 13.5. The molecule has 4 heteroatoms. The van der Waals surface area contributed by atoms with Gasteiger partial charge < -0.3 is 9.13 Å². The predicted molar refractivity (Wildman–Crippen MR) is 277 cm³/mol. The lowest BCUT2D eigenvalue weighted by molar-refractivity contribution is 1.13. The Labute approximate surface area is 376 Å². The van der Waals surface area contributed by atoms with Crippen LogP contribution in [0.15, 0.2) is 243 Å². The van der Waals surface area contributed by atoms with Gasteiger partial charge in [0.15, 0.2) is 8.07 Å². The van der Waals surface area contributed by atoms with E-state index in [4.69, 9.17) is 0 Å². The summed E-state index contributed by atoms with van der Waals surface area (Å²) in [6, 6.07) is 90.7. The van der Waals surface area contributed by atoms with Gasteiger partial charge in [0.05, 0.1) is 27.8 Å². The molecule has 13 rings (SSSR count). The number of hydrogen-bond acceptors (Lipinski definition) is 1. The van der Waals surface area contributed by atoms with E-state index in [0.29, 0.717) is 0 Å². The van der Waals surface area contributed by atoms with Crippen LogP contribution < -0.4 is 20.7 Å². The molecule has 0 saturated carbocycles. The number of thiophene rings is 1. The first-order chi connectivity index (χ1) is 31.8. The molecule has 0 aliphatic carbocycles. The van der Waals surface area contributed by atoms with Crippen molar-refractivity contribution in [1.82, 2.24) is 9.13 Å². The van der Waals surface area contributed by atoms with E-state index in [-0.39, 0.29) is 0 Å². The fourth-order valence-corrected chi connectivity index (χ4v) is 16.9. The Kier molecular flexibility index (Phi) is 8.45. The summed E-state index contributed by atoms with van der Waals surface area (Å²) >= 11 is 1.89. The van der Waals surface area contributed by atoms with Crippen molar-refractivity contribution in [3.63, 3.8) is 0 Å². The number of fused-ring (bicyclic) bond motifs is 9. The second kappa shape index (κ2) is 14.7. The molecule has 10 aromatic carbocycles. The summed E-state index contributed by atoms with van der Waals surface area (Å²) in [6.07, 6.45) is 0. The van der Waals surface area contributed by atoms with Crippen molar-refractivity contribution < 1.29 is 0 Å². The summed E-state index contributed by atoms with van der Waals surface area (Å²) in [5.41, 5.74) is 9.45. The molecule has 2 nitrogen and oxygen atoms in total. The number of aromatic nitrogens is 2. The topological polar surface area (TPSA) is 9.86 Å². The molecule has 0 radical (unpaired) electrons. The van der Waals surface area contributed by atoms with Crippen molar-refractivity contribution in [2.45, 2.75) is 0 Å². The van der Waals surface area contributed by atoms with E-state index in [2.05, 4.69) is 252 Å². The lowest BCUT2D eigenvalue weighted by Gasteiger charge is -2.35. The molecule has 0 fully saturated rings. The second-order valence-corrected chi connectivity index (χ2v) is 21.6. The van der Waals surface area contributed by atoms with Gasteiger partial charge in [0.1, 0.15) is 0 Å². The average Bonchev–Trinajstić information content (AvgIpc) is 4.03. The monoisotopic (exact) mass is 848 g/mol. The van der Waals surface area contributed by atoms with Crippen molar-refractivity contribution in [3.8, 4) is 22.5 Å². The number of para-hydroxylation sites is 3. The van der Waals surface area contributed by atoms with E-state index >= 15 is 0 Å². The van der Waals surface area contributed by atoms with E-state index in [0.717, 1.165) is 11.4 Å². The van der Waals surface area contributed by atoms with Crippen molar-refractivity contribution in [1.29, 1.82) is 0 Å². The maximum absolute atomic E-state index is 3.04. The Balaban J connectivity index is 1.16. The lowest BCUT2D eigenvalue weighted by Crippen LogP contribution is -2.74. The normalized spacial score (nSPS) is 12.1. The van der Waals surface area contributed by atoms with E-state index in [9.17, 15) is 0 Å². The zero-order chi connectivity index (χ0) is 42.2. The Morgan fingerprint density at radius 3 is 1.66 bits per heavy atom. The molecular formula is C60H40N2SSi. The maximum atomic E-state index is 2.55. The number of rotatable bonds is 7. The van der Waals surface area contributed by atoms with Gasteiger partial charge in [0.25, 0.3) is 0 Å². The molecule has 64 heavy (non-hydrogen) atoms. The van der Waals surface area contributed by atoms with Crippen LogP contribution in [0.25, 0.3) is 86.3 Å². The average molecular weight is 849 g/mol. The van der Waals surface area contributed by atoms with Crippen LogP contribution in [0.2, 0.25) is 0 Å². The molecule has 0 atom stereocenters. The number of nitrogens with zero attached hydrogens (tertiary/aromatic N) is 2. The summed E-state index contributed by atoms with van der Waals surface area (Å²) in [7, 11) is -3.04. The van der Waals surface area contributed by atoms with Gasteiger partial charge >= 0.3 is 0 Å². The molecule has 0 bridgehead atoms. The second-order valence-electron chi connectivity index (χ2n) is 16.8. The molecule has 0 amide bonds. The minimum absolute atomic E-state index is 1.14. The Bertz CT molecular complexity index is 3860. The highest BCUT2D eigenvalue weighted by molar-refractivity contribution is 7.26. The van der Waals surface area contributed by atoms with E-state index in [1.807, 2.05) is 11.3 Å². The third-order valence-corrected chi connectivity index (χ3v) is 19.4. The fraction of sp³-hybridized carbons (Fsp3) is 0. The highest BCUT2D eigenvalue weighted by Crippen LogP contribution is 2.41.